The lowest BCUT2D eigenvalue weighted by molar-refractivity contribution is 0.288. The van der Waals surface area contributed by atoms with Crippen LogP contribution in [0.4, 0.5) is 0 Å². The fraction of sp³-hybridized carbons (Fsp3) is 0.786. The van der Waals surface area contributed by atoms with Gasteiger partial charge >= 0.3 is 0 Å². The van der Waals surface area contributed by atoms with Gasteiger partial charge in [0.15, 0.2) is 11.5 Å². The van der Waals surface area contributed by atoms with E-state index in [1.54, 1.807) is 6.07 Å². The second-order valence-corrected chi connectivity index (χ2v) is 9.03. The molecule has 2 heteroatoms. The van der Waals surface area contributed by atoms with Crippen molar-refractivity contribution >= 4 is 0 Å². The van der Waals surface area contributed by atoms with Crippen LogP contribution in [0.1, 0.15) is 135 Å². The third-order valence-corrected chi connectivity index (χ3v) is 6.12. The van der Waals surface area contributed by atoms with Crippen LogP contribution in [0.15, 0.2) is 24.3 Å². The molecule has 30 heavy (non-hydrogen) atoms. The van der Waals surface area contributed by atoms with E-state index in [0.29, 0.717) is 12.4 Å². The van der Waals surface area contributed by atoms with Crippen molar-refractivity contribution in [1.29, 1.82) is 0 Å². The third-order valence-electron chi connectivity index (χ3n) is 6.12. The van der Waals surface area contributed by atoms with Crippen molar-refractivity contribution in [3.05, 3.63) is 24.3 Å². The first-order valence-corrected chi connectivity index (χ1v) is 13.3. The number of phenolic OH excluding ortho intramolecular Hbond substituents is 1. The first-order valence-electron chi connectivity index (χ1n) is 13.3. The Hall–Kier alpha value is -1.18. The molecule has 0 atom stereocenters. The molecule has 0 aliphatic rings. The van der Waals surface area contributed by atoms with Gasteiger partial charge in [-0.1, -0.05) is 141 Å². The van der Waals surface area contributed by atoms with Gasteiger partial charge in [-0.25, -0.2) is 0 Å². The monoisotopic (exact) mass is 418 g/mol. The van der Waals surface area contributed by atoms with E-state index >= 15 is 0 Å². The molecular formula is C28H50O2. The molecule has 1 rings (SSSR count). The number of benzene rings is 1. The van der Waals surface area contributed by atoms with Crippen molar-refractivity contribution in [3.8, 4) is 11.5 Å². The molecule has 2 nitrogen and oxygen atoms in total. The zero-order valence-corrected chi connectivity index (χ0v) is 20.0. The number of unbranched alkanes of at least 4 members (excludes halogenated alkanes) is 19. The minimum atomic E-state index is 0.241. The smallest absolute Gasteiger partial charge is 0.160 e. The molecule has 0 aliphatic carbocycles. The summed E-state index contributed by atoms with van der Waals surface area (Å²) >= 11 is 0. The largest absolute Gasteiger partial charge is 0.504 e. The van der Waals surface area contributed by atoms with E-state index in [1.165, 1.54) is 122 Å². The predicted octanol–water partition coefficient (Wildman–Crippen LogP) is 9.59. The van der Waals surface area contributed by atoms with Crippen LogP contribution in [0.2, 0.25) is 0 Å². The Morgan fingerprint density at radius 2 is 0.900 bits per heavy atom. The van der Waals surface area contributed by atoms with Crippen LogP contribution in [-0.2, 0) is 0 Å². The van der Waals surface area contributed by atoms with Gasteiger partial charge in [0.05, 0.1) is 6.61 Å². The van der Waals surface area contributed by atoms with Gasteiger partial charge in [-0.05, 0) is 18.6 Å². The van der Waals surface area contributed by atoms with Crippen molar-refractivity contribution in [2.24, 2.45) is 0 Å². The van der Waals surface area contributed by atoms with Crippen LogP contribution >= 0.6 is 0 Å². The molecule has 0 spiro atoms. The maximum atomic E-state index is 9.65. The molecule has 1 aromatic carbocycles. The molecule has 0 unspecified atom stereocenters. The zero-order chi connectivity index (χ0) is 21.5. The van der Waals surface area contributed by atoms with Gasteiger partial charge in [0, 0.05) is 0 Å². The topological polar surface area (TPSA) is 29.5 Å². The second kappa shape index (κ2) is 21.1. The minimum absolute atomic E-state index is 0.241. The minimum Gasteiger partial charge on any atom is -0.504 e. The van der Waals surface area contributed by atoms with Gasteiger partial charge in [0.2, 0.25) is 0 Å². The molecule has 0 saturated heterocycles. The van der Waals surface area contributed by atoms with Crippen molar-refractivity contribution in [3.63, 3.8) is 0 Å². The van der Waals surface area contributed by atoms with Crippen LogP contribution in [0.5, 0.6) is 11.5 Å². The molecule has 0 fully saturated rings. The summed E-state index contributed by atoms with van der Waals surface area (Å²) < 4.78 is 5.62. The van der Waals surface area contributed by atoms with Crippen LogP contribution in [0, 0.1) is 0 Å². The summed E-state index contributed by atoms with van der Waals surface area (Å²) in [7, 11) is 0. The van der Waals surface area contributed by atoms with Crippen LogP contribution in [0.3, 0.4) is 0 Å². The van der Waals surface area contributed by atoms with E-state index in [9.17, 15) is 5.11 Å². The van der Waals surface area contributed by atoms with Crippen molar-refractivity contribution in [2.45, 2.75) is 135 Å². The van der Waals surface area contributed by atoms with Crippen LogP contribution in [0.25, 0.3) is 0 Å². The lowest BCUT2D eigenvalue weighted by Gasteiger charge is -2.07. The van der Waals surface area contributed by atoms with Gasteiger partial charge in [0.1, 0.15) is 0 Å². The number of para-hydroxylation sites is 2. The molecule has 1 aromatic rings. The number of rotatable bonds is 22. The van der Waals surface area contributed by atoms with Crippen LogP contribution in [-0.4, -0.2) is 11.7 Å². The number of ether oxygens (including phenoxy) is 1. The normalized spacial score (nSPS) is 11.1. The fourth-order valence-electron chi connectivity index (χ4n) is 4.12. The maximum Gasteiger partial charge on any atom is 0.160 e. The Balaban J connectivity index is 1.70. The number of phenols is 1. The van der Waals surface area contributed by atoms with E-state index in [0.717, 1.165) is 6.42 Å². The summed E-state index contributed by atoms with van der Waals surface area (Å²) in [5, 5.41) is 9.65. The Bertz CT molecular complexity index is 471. The number of hydrogen-bond acceptors (Lipinski definition) is 2. The summed E-state index contributed by atoms with van der Waals surface area (Å²) in [5.74, 6) is 0.848. The standard InChI is InChI=1S/C28H50O2/c1-2-3-4-5-6-7-8-9-10-11-12-13-14-15-16-17-18-19-20-23-26-30-28-25-22-21-24-27(28)29/h21-22,24-25,29H,2-20,23,26H2,1H3. The first-order chi connectivity index (χ1) is 14.8. The summed E-state index contributed by atoms with van der Waals surface area (Å²) in [5.41, 5.74) is 0. The molecule has 0 radical (unpaired) electrons. The zero-order valence-electron chi connectivity index (χ0n) is 20.0. The molecule has 0 aromatic heterocycles. The van der Waals surface area contributed by atoms with E-state index in [2.05, 4.69) is 6.92 Å². The predicted molar refractivity (Wildman–Crippen MR) is 132 cm³/mol. The summed E-state index contributed by atoms with van der Waals surface area (Å²) in [6.07, 6.45) is 28.0. The first kappa shape index (κ1) is 26.9. The van der Waals surface area contributed by atoms with Crippen molar-refractivity contribution < 1.29 is 9.84 Å². The quantitative estimate of drug-likeness (QED) is 0.190. The van der Waals surface area contributed by atoms with Gasteiger partial charge in [-0.15, -0.1) is 0 Å². The summed E-state index contributed by atoms with van der Waals surface area (Å²) in [6, 6.07) is 7.21. The van der Waals surface area contributed by atoms with Gasteiger partial charge < -0.3 is 9.84 Å². The number of aromatic hydroxyl groups is 1. The maximum absolute atomic E-state index is 9.65. The lowest BCUT2D eigenvalue weighted by atomic mass is 10.0. The van der Waals surface area contributed by atoms with E-state index in [1.807, 2.05) is 18.2 Å². The highest BCUT2D eigenvalue weighted by Crippen LogP contribution is 2.24. The van der Waals surface area contributed by atoms with Crippen LogP contribution < -0.4 is 4.74 Å². The SMILES string of the molecule is CCCCCCCCCCCCCCCCCCCCCCOc1ccccc1O. The highest BCUT2D eigenvalue weighted by atomic mass is 16.5. The Morgan fingerprint density at radius 1 is 0.533 bits per heavy atom. The molecule has 0 aliphatic heterocycles. The molecule has 0 amide bonds. The summed E-state index contributed by atoms with van der Waals surface area (Å²) in [6.45, 7) is 3.00. The second-order valence-electron chi connectivity index (χ2n) is 9.03. The highest BCUT2D eigenvalue weighted by molar-refractivity contribution is 5.37. The molecule has 0 saturated carbocycles. The fourth-order valence-corrected chi connectivity index (χ4v) is 4.12. The molecule has 0 bridgehead atoms. The van der Waals surface area contributed by atoms with Gasteiger partial charge in [-0.3, -0.25) is 0 Å². The molecule has 174 valence electrons. The van der Waals surface area contributed by atoms with Crippen molar-refractivity contribution in [1.82, 2.24) is 0 Å². The Morgan fingerprint density at radius 3 is 1.30 bits per heavy atom. The van der Waals surface area contributed by atoms with Gasteiger partial charge in [-0.2, -0.15) is 0 Å². The Kier molecular flexibility index (Phi) is 18.9. The van der Waals surface area contributed by atoms with Gasteiger partial charge in [0.25, 0.3) is 0 Å². The number of hydrogen-bond donors (Lipinski definition) is 1. The average molecular weight is 419 g/mol. The molecule has 1 N–H and O–H groups in total. The average Bonchev–Trinajstić information content (AvgIpc) is 2.76. The lowest BCUT2D eigenvalue weighted by Crippen LogP contribution is -1.97. The van der Waals surface area contributed by atoms with E-state index in [-0.39, 0.29) is 5.75 Å². The van der Waals surface area contributed by atoms with E-state index < -0.39 is 0 Å². The Labute approximate surface area is 187 Å². The highest BCUT2D eigenvalue weighted by Gasteiger charge is 2.00. The summed E-state index contributed by atoms with van der Waals surface area (Å²) in [4.78, 5) is 0. The molecule has 0 heterocycles. The molecular weight excluding hydrogens is 368 g/mol. The van der Waals surface area contributed by atoms with Crippen molar-refractivity contribution in [2.75, 3.05) is 6.61 Å². The third kappa shape index (κ3) is 16.6. The van der Waals surface area contributed by atoms with E-state index in [4.69, 9.17) is 4.74 Å².